The topological polar surface area (TPSA) is 36.4 Å². The molecular weight excluding hydrogens is 322 g/mol. The standard InChI is InChI=1S/C22H29N3O/c1-24(17-10-4-2-5-11-17)22(26)20-16-23-21(25-14-8-3-9-15-25)19-13-7-6-12-18(19)20/h6-7,12-13,16-17H,2-5,8-11,14-15H2,1H3. The van der Waals surface area contributed by atoms with E-state index < -0.39 is 0 Å². The Morgan fingerprint density at radius 1 is 1.00 bits per heavy atom. The zero-order valence-corrected chi connectivity index (χ0v) is 15.8. The second-order valence-electron chi connectivity index (χ2n) is 7.80. The van der Waals surface area contributed by atoms with Gasteiger partial charge in [-0.15, -0.1) is 0 Å². The van der Waals surface area contributed by atoms with Crippen molar-refractivity contribution in [2.75, 3.05) is 25.0 Å². The first-order valence-electron chi connectivity index (χ1n) is 10.2. The van der Waals surface area contributed by atoms with Crippen LogP contribution in [0.5, 0.6) is 0 Å². The van der Waals surface area contributed by atoms with Gasteiger partial charge in [0, 0.05) is 37.8 Å². The summed E-state index contributed by atoms with van der Waals surface area (Å²) >= 11 is 0. The summed E-state index contributed by atoms with van der Waals surface area (Å²) in [6.45, 7) is 2.12. The summed E-state index contributed by atoms with van der Waals surface area (Å²) < 4.78 is 0. The molecular formula is C22H29N3O. The minimum atomic E-state index is 0.116. The molecule has 1 saturated heterocycles. The smallest absolute Gasteiger partial charge is 0.256 e. The summed E-state index contributed by atoms with van der Waals surface area (Å²) in [7, 11) is 1.96. The van der Waals surface area contributed by atoms with Crippen LogP contribution in [0.3, 0.4) is 0 Å². The molecule has 138 valence electrons. The van der Waals surface area contributed by atoms with Gasteiger partial charge < -0.3 is 9.80 Å². The van der Waals surface area contributed by atoms with Gasteiger partial charge in [-0.25, -0.2) is 4.98 Å². The van der Waals surface area contributed by atoms with Crippen LogP contribution in [0.2, 0.25) is 0 Å². The summed E-state index contributed by atoms with van der Waals surface area (Å²) in [5, 5.41) is 2.15. The first-order chi connectivity index (χ1) is 12.8. The highest BCUT2D eigenvalue weighted by Gasteiger charge is 2.25. The fourth-order valence-electron chi connectivity index (χ4n) is 4.53. The Morgan fingerprint density at radius 2 is 1.65 bits per heavy atom. The van der Waals surface area contributed by atoms with Gasteiger partial charge in [0.15, 0.2) is 0 Å². The highest BCUT2D eigenvalue weighted by atomic mass is 16.2. The zero-order valence-electron chi connectivity index (χ0n) is 15.8. The SMILES string of the molecule is CN(C(=O)c1cnc(N2CCCCC2)c2ccccc12)C1CCCCC1. The monoisotopic (exact) mass is 351 g/mol. The Balaban J connectivity index is 1.68. The Hall–Kier alpha value is -2.10. The molecule has 1 aliphatic heterocycles. The van der Waals surface area contributed by atoms with Crippen molar-refractivity contribution < 1.29 is 4.79 Å². The van der Waals surface area contributed by atoms with Crippen molar-refractivity contribution in [1.82, 2.24) is 9.88 Å². The lowest BCUT2D eigenvalue weighted by molar-refractivity contribution is 0.0698. The van der Waals surface area contributed by atoms with Crippen molar-refractivity contribution in [2.45, 2.75) is 57.4 Å². The van der Waals surface area contributed by atoms with Gasteiger partial charge in [0.1, 0.15) is 5.82 Å². The van der Waals surface area contributed by atoms with Crippen LogP contribution in [-0.4, -0.2) is 42.0 Å². The maximum atomic E-state index is 13.2. The minimum absolute atomic E-state index is 0.116. The van der Waals surface area contributed by atoms with Crippen LogP contribution in [0.4, 0.5) is 5.82 Å². The number of hydrogen-bond acceptors (Lipinski definition) is 3. The average molecular weight is 351 g/mol. The van der Waals surface area contributed by atoms with E-state index in [-0.39, 0.29) is 5.91 Å². The molecule has 4 heteroatoms. The summed E-state index contributed by atoms with van der Waals surface area (Å²) in [6, 6.07) is 8.64. The van der Waals surface area contributed by atoms with Gasteiger partial charge in [-0.1, -0.05) is 43.5 Å². The van der Waals surface area contributed by atoms with Crippen molar-refractivity contribution in [3.63, 3.8) is 0 Å². The van der Waals surface area contributed by atoms with Crippen molar-refractivity contribution in [3.05, 3.63) is 36.0 Å². The average Bonchev–Trinajstić information content (AvgIpc) is 2.73. The van der Waals surface area contributed by atoms with E-state index in [0.717, 1.165) is 48.1 Å². The van der Waals surface area contributed by atoms with Crippen LogP contribution < -0.4 is 4.90 Å². The molecule has 0 unspecified atom stereocenters. The number of nitrogens with zero attached hydrogens (tertiary/aromatic N) is 3. The second-order valence-corrected chi connectivity index (χ2v) is 7.80. The van der Waals surface area contributed by atoms with Crippen molar-refractivity contribution >= 4 is 22.5 Å². The molecule has 2 aliphatic rings. The molecule has 0 spiro atoms. The van der Waals surface area contributed by atoms with Gasteiger partial charge in [0.25, 0.3) is 5.91 Å². The number of fused-ring (bicyclic) bond motifs is 1. The molecule has 4 nitrogen and oxygen atoms in total. The first kappa shape index (κ1) is 17.3. The molecule has 1 saturated carbocycles. The minimum Gasteiger partial charge on any atom is -0.356 e. The Kier molecular flexibility index (Phi) is 5.09. The molecule has 1 aliphatic carbocycles. The van der Waals surface area contributed by atoms with Crippen LogP contribution in [0.25, 0.3) is 10.8 Å². The zero-order chi connectivity index (χ0) is 17.9. The predicted octanol–water partition coefficient (Wildman–Crippen LogP) is 4.63. The first-order valence-corrected chi connectivity index (χ1v) is 10.2. The highest BCUT2D eigenvalue weighted by Crippen LogP contribution is 2.30. The molecule has 2 fully saturated rings. The lowest BCUT2D eigenvalue weighted by atomic mass is 9.94. The number of pyridine rings is 1. The van der Waals surface area contributed by atoms with Crippen LogP contribution in [-0.2, 0) is 0 Å². The normalized spacial score (nSPS) is 18.9. The molecule has 2 heterocycles. The third-order valence-electron chi connectivity index (χ3n) is 6.10. The molecule has 26 heavy (non-hydrogen) atoms. The van der Waals surface area contributed by atoms with Crippen molar-refractivity contribution in [1.29, 1.82) is 0 Å². The fraction of sp³-hybridized carbons (Fsp3) is 0.545. The van der Waals surface area contributed by atoms with E-state index in [1.807, 2.05) is 24.2 Å². The van der Waals surface area contributed by atoms with E-state index >= 15 is 0 Å². The lowest BCUT2D eigenvalue weighted by Gasteiger charge is -2.32. The van der Waals surface area contributed by atoms with Crippen LogP contribution in [0, 0.1) is 0 Å². The third kappa shape index (κ3) is 3.29. The molecule has 0 bridgehead atoms. The number of benzene rings is 1. The number of anilines is 1. The number of aromatic nitrogens is 1. The van der Waals surface area contributed by atoms with Gasteiger partial charge in [-0.2, -0.15) is 0 Å². The second kappa shape index (κ2) is 7.65. The third-order valence-corrected chi connectivity index (χ3v) is 6.10. The summed E-state index contributed by atoms with van der Waals surface area (Å²) in [5.74, 6) is 1.16. The molecule has 0 atom stereocenters. The molecule has 1 amide bonds. The summed E-state index contributed by atoms with van der Waals surface area (Å²) in [4.78, 5) is 22.3. The maximum absolute atomic E-state index is 13.2. The van der Waals surface area contributed by atoms with Gasteiger partial charge in [0.2, 0.25) is 0 Å². The van der Waals surface area contributed by atoms with Crippen LogP contribution in [0.1, 0.15) is 61.7 Å². The molecule has 0 N–H and O–H groups in total. The maximum Gasteiger partial charge on any atom is 0.256 e. The van der Waals surface area contributed by atoms with Crippen LogP contribution >= 0.6 is 0 Å². The molecule has 1 aromatic heterocycles. The highest BCUT2D eigenvalue weighted by molar-refractivity contribution is 6.09. The Morgan fingerprint density at radius 3 is 2.38 bits per heavy atom. The number of hydrogen-bond donors (Lipinski definition) is 0. The molecule has 1 aromatic carbocycles. The van der Waals surface area contributed by atoms with Gasteiger partial charge in [-0.05, 0) is 37.5 Å². The lowest BCUT2D eigenvalue weighted by Crippen LogP contribution is -2.38. The number of amides is 1. The fourth-order valence-corrected chi connectivity index (χ4v) is 4.53. The quantitative estimate of drug-likeness (QED) is 0.809. The van der Waals surface area contributed by atoms with E-state index in [9.17, 15) is 4.79 Å². The van der Waals surface area contributed by atoms with E-state index in [1.54, 1.807) is 0 Å². The number of piperidine rings is 1. The van der Waals surface area contributed by atoms with Gasteiger partial charge >= 0.3 is 0 Å². The summed E-state index contributed by atoms with van der Waals surface area (Å²) in [5.41, 5.74) is 0.745. The van der Waals surface area contributed by atoms with Crippen molar-refractivity contribution in [3.8, 4) is 0 Å². The van der Waals surface area contributed by atoms with Crippen molar-refractivity contribution in [2.24, 2.45) is 0 Å². The molecule has 2 aromatic rings. The van der Waals surface area contributed by atoms with Gasteiger partial charge in [0.05, 0.1) is 5.56 Å². The van der Waals surface area contributed by atoms with E-state index in [4.69, 9.17) is 4.98 Å². The van der Waals surface area contributed by atoms with Gasteiger partial charge in [-0.3, -0.25) is 4.79 Å². The molecule has 4 rings (SSSR count). The Bertz CT molecular complexity index is 776. The largest absolute Gasteiger partial charge is 0.356 e. The number of rotatable bonds is 3. The Labute approximate surface area is 156 Å². The van der Waals surface area contributed by atoms with E-state index in [0.29, 0.717) is 6.04 Å². The van der Waals surface area contributed by atoms with E-state index in [2.05, 4.69) is 23.1 Å². The summed E-state index contributed by atoms with van der Waals surface area (Å²) in [6.07, 6.45) is 11.6. The number of carbonyl (C=O) groups is 1. The van der Waals surface area contributed by atoms with Crippen LogP contribution in [0.15, 0.2) is 30.5 Å². The predicted molar refractivity (Wildman–Crippen MR) is 107 cm³/mol. The van der Waals surface area contributed by atoms with E-state index in [1.165, 1.54) is 38.5 Å². The number of carbonyl (C=O) groups excluding carboxylic acids is 1. The molecule has 0 radical (unpaired) electrons.